The number of hydrogen-bond donors (Lipinski definition) is 2. The second kappa shape index (κ2) is 10.8. The van der Waals surface area contributed by atoms with Crippen molar-refractivity contribution < 1.29 is 27.8 Å². The first kappa shape index (κ1) is 23.5. The van der Waals surface area contributed by atoms with Crippen molar-refractivity contribution >= 4 is 29.3 Å². The van der Waals surface area contributed by atoms with E-state index in [9.17, 15) is 18.4 Å². The van der Waals surface area contributed by atoms with Gasteiger partial charge in [0.2, 0.25) is 5.91 Å². The van der Waals surface area contributed by atoms with E-state index >= 15 is 0 Å². The van der Waals surface area contributed by atoms with Gasteiger partial charge in [0.25, 0.3) is 11.7 Å². The number of nitrogens with one attached hydrogen (secondary N) is 2. The van der Waals surface area contributed by atoms with E-state index in [1.807, 2.05) is 0 Å². The van der Waals surface area contributed by atoms with Gasteiger partial charge in [-0.2, -0.15) is 8.78 Å². The number of methoxy groups -OCH3 is 2. The highest BCUT2D eigenvalue weighted by atomic mass is 32.2. The van der Waals surface area contributed by atoms with Crippen molar-refractivity contribution in [2.24, 2.45) is 5.92 Å². The van der Waals surface area contributed by atoms with Crippen molar-refractivity contribution in [3.05, 3.63) is 48.0 Å². The third-order valence-electron chi connectivity index (χ3n) is 4.20. The number of thioether (sulfide) groups is 1. The summed E-state index contributed by atoms with van der Waals surface area (Å²) in [5, 5.41) is 5.43. The maximum atomic E-state index is 12.7. The molecule has 2 aromatic carbocycles. The molecule has 6 nitrogen and oxygen atoms in total. The second-order valence-corrected chi connectivity index (χ2v) is 7.75. The first-order chi connectivity index (χ1) is 14.2. The highest BCUT2D eigenvalue weighted by Crippen LogP contribution is 2.26. The first-order valence-corrected chi connectivity index (χ1v) is 10.0. The van der Waals surface area contributed by atoms with E-state index in [2.05, 4.69) is 10.6 Å². The molecule has 0 bridgehead atoms. The van der Waals surface area contributed by atoms with E-state index < -0.39 is 23.6 Å². The third-order valence-corrected chi connectivity index (χ3v) is 4.92. The van der Waals surface area contributed by atoms with E-state index in [-0.39, 0.29) is 11.5 Å². The summed E-state index contributed by atoms with van der Waals surface area (Å²) < 4.78 is 35.2. The Hall–Kier alpha value is -2.81. The fraction of sp³-hybridized carbons (Fsp3) is 0.333. The molecule has 0 aromatic heterocycles. The molecule has 2 N–H and O–H groups in total. The maximum Gasteiger partial charge on any atom is 0.288 e. The highest BCUT2D eigenvalue weighted by Gasteiger charge is 2.25. The van der Waals surface area contributed by atoms with E-state index in [1.54, 1.807) is 32.0 Å². The van der Waals surface area contributed by atoms with Crippen molar-refractivity contribution in [3.63, 3.8) is 0 Å². The Balaban J connectivity index is 2.11. The standard InChI is InChI=1S/C21H24F2N2O4S/c1-12(2)18(20(27)24-14-5-7-17(8-6-14)30-21(22)23)25-19(26)13-9-15(28-3)11-16(10-13)29-4/h5-12,18,21H,1-4H3,(H,24,27)(H,25,26). The normalized spacial score (nSPS) is 11.9. The van der Waals surface area contributed by atoms with Crippen LogP contribution in [0.15, 0.2) is 47.4 Å². The summed E-state index contributed by atoms with van der Waals surface area (Å²) in [4.78, 5) is 25.8. The van der Waals surface area contributed by atoms with Crippen LogP contribution in [0.5, 0.6) is 11.5 Å². The number of rotatable bonds is 9. The van der Waals surface area contributed by atoms with Gasteiger partial charge in [0.05, 0.1) is 14.2 Å². The zero-order valence-corrected chi connectivity index (χ0v) is 17.9. The van der Waals surface area contributed by atoms with Crippen molar-refractivity contribution in [1.29, 1.82) is 0 Å². The summed E-state index contributed by atoms with van der Waals surface area (Å²) in [5.74, 6) is -2.68. The molecule has 0 aliphatic carbocycles. The summed E-state index contributed by atoms with van der Waals surface area (Å²) >= 11 is 0.426. The molecular formula is C21H24F2N2O4S. The Morgan fingerprint density at radius 1 is 0.967 bits per heavy atom. The fourth-order valence-corrected chi connectivity index (χ4v) is 3.14. The van der Waals surface area contributed by atoms with Gasteiger partial charge in [-0.1, -0.05) is 25.6 Å². The largest absolute Gasteiger partial charge is 0.497 e. The van der Waals surface area contributed by atoms with Crippen LogP contribution in [-0.4, -0.2) is 37.8 Å². The third kappa shape index (κ3) is 6.62. The molecule has 162 valence electrons. The number of alkyl halides is 2. The van der Waals surface area contributed by atoms with Crippen LogP contribution >= 0.6 is 11.8 Å². The average molecular weight is 438 g/mol. The van der Waals surface area contributed by atoms with Gasteiger partial charge in [-0.3, -0.25) is 9.59 Å². The van der Waals surface area contributed by atoms with Crippen molar-refractivity contribution in [1.82, 2.24) is 5.32 Å². The van der Waals surface area contributed by atoms with E-state index in [4.69, 9.17) is 9.47 Å². The molecule has 0 saturated carbocycles. The van der Waals surface area contributed by atoms with E-state index in [1.165, 1.54) is 38.5 Å². The Morgan fingerprint density at radius 2 is 1.53 bits per heavy atom. The Morgan fingerprint density at radius 3 is 2.00 bits per heavy atom. The number of benzene rings is 2. The van der Waals surface area contributed by atoms with Crippen LogP contribution in [0.25, 0.3) is 0 Å². The van der Waals surface area contributed by atoms with E-state index in [0.29, 0.717) is 33.8 Å². The summed E-state index contributed by atoms with van der Waals surface area (Å²) in [7, 11) is 2.96. The van der Waals surface area contributed by atoms with Gasteiger partial charge in [-0.15, -0.1) is 0 Å². The zero-order chi connectivity index (χ0) is 22.3. The van der Waals surface area contributed by atoms with Crippen molar-refractivity contribution in [2.45, 2.75) is 30.5 Å². The molecular weight excluding hydrogens is 414 g/mol. The molecule has 2 rings (SSSR count). The van der Waals surface area contributed by atoms with Crippen LogP contribution in [0, 0.1) is 5.92 Å². The maximum absolute atomic E-state index is 12.7. The summed E-state index contributed by atoms with van der Waals surface area (Å²) in [6, 6.07) is 9.99. The minimum Gasteiger partial charge on any atom is -0.497 e. The minimum absolute atomic E-state index is 0.199. The Labute approximate surface area is 178 Å². The molecule has 0 aliphatic rings. The molecule has 9 heteroatoms. The molecule has 0 spiro atoms. The summed E-state index contributed by atoms with van der Waals surface area (Å²) in [5.41, 5.74) is 0.736. The molecule has 0 saturated heterocycles. The smallest absolute Gasteiger partial charge is 0.288 e. The lowest BCUT2D eigenvalue weighted by molar-refractivity contribution is -0.118. The average Bonchev–Trinajstić information content (AvgIpc) is 2.71. The van der Waals surface area contributed by atoms with Crippen LogP contribution in [0.3, 0.4) is 0 Å². The first-order valence-electron chi connectivity index (χ1n) is 9.13. The predicted octanol–water partition coefficient (Wildman–Crippen LogP) is 4.41. The minimum atomic E-state index is -2.51. The molecule has 0 aliphatic heterocycles. The molecule has 2 aromatic rings. The second-order valence-electron chi connectivity index (χ2n) is 6.69. The lowest BCUT2D eigenvalue weighted by Gasteiger charge is -2.22. The molecule has 1 unspecified atom stereocenters. The molecule has 30 heavy (non-hydrogen) atoms. The van der Waals surface area contributed by atoms with E-state index in [0.717, 1.165) is 0 Å². The van der Waals surface area contributed by atoms with Crippen LogP contribution in [0.1, 0.15) is 24.2 Å². The van der Waals surface area contributed by atoms with Gasteiger partial charge in [-0.05, 0) is 42.3 Å². The topological polar surface area (TPSA) is 76.7 Å². The molecule has 0 fully saturated rings. The number of carbonyl (C=O) groups is 2. The van der Waals surface area contributed by atoms with Crippen LogP contribution in [-0.2, 0) is 4.79 Å². The Kier molecular flexibility index (Phi) is 8.46. The van der Waals surface area contributed by atoms with Gasteiger partial charge >= 0.3 is 0 Å². The van der Waals surface area contributed by atoms with Crippen LogP contribution < -0.4 is 20.1 Å². The van der Waals surface area contributed by atoms with Crippen molar-refractivity contribution in [3.8, 4) is 11.5 Å². The van der Waals surface area contributed by atoms with Gasteiger partial charge < -0.3 is 20.1 Å². The number of ether oxygens (including phenoxy) is 2. The molecule has 0 radical (unpaired) electrons. The lowest BCUT2D eigenvalue weighted by Crippen LogP contribution is -2.47. The number of anilines is 1. The number of hydrogen-bond acceptors (Lipinski definition) is 5. The quantitative estimate of drug-likeness (QED) is 0.567. The monoisotopic (exact) mass is 438 g/mol. The van der Waals surface area contributed by atoms with Gasteiger partial charge in [0, 0.05) is 22.2 Å². The molecule has 2 amide bonds. The van der Waals surface area contributed by atoms with Gasteiger partial charge in [0.1, 0.15) is 17.5 Å². The fourth-order valence-electron chi connectivity index (χ4n) is 2.64. The SMILES string of the molecule is COc1cc(OC)cc(C(=O)NC(C(=O)Nc2ccc(SC(F)F)cc2)C(C)C)c1. The lowest BCUT2D eigenvalue weighted by atomic mass is 10.0. The van der Waals surface area contributed by atoms with Crippen molar-refractivity contribution in [2.75, 3.05) is 19.5 Å². The predicted molar refractivity (Wildman–Crippen MR) is 113 cm³/mol. The van der Waals surface area contributed by atoms with Crippen LogP contribution in [0.4, 0.5) is 14.5 Å². The van der Waals surface area contributed by atoms with Crippen LogP contribution in [0.2, 0.25) is 0 Å². The van der Waals surface area contributed by atoms with Gasteiger partial charge in [-0.25, -0.2) is 0 Å². The number of amides is 2. The molecule has 1 atom stereocenters. The number of halogens is 2. The molecule has 0 heterocycles. The Bertz CT molecular complexity index is 854. The highest BCUT2D eigenvalue weighted by molar-refractivity contribution is 7.99. The summed E-state index contributed by atoms with van der Waals surface area (Å²) in [6.07, 6.45) is 0. The zero-order valence-electron chi connectivity index (χ0n) is 17.1. The number of carbonyl (C=O) groups excluding carboxylic acids is 2. The van der Waals surface area contributed by atoms with Gasteiger partial charge in [0.15, 0.2) is 0 Å². The summed E-state index contributed by atoms with van der Waals surface area (Å²) in [6.45, 7) is 3.61.